The number of hydrogen-bond donors (Lipinski definition) is 1. The van der Waals surface area contributed by atoms with E-state index in [-0.39, 0.29) is 0 Å². The molecule has 0 radical (unpaired) electrons. The second-order valence-electron chi connectivity index (χ2n) is 4.56. The predicted octanol–water partition coefficient (Wildman–Crippen LogP) is 2.57. The largest absolute Gasteiger partial charge is 0.488 e. The standard InChI is InChI=1S/C14H18BrN3O/c1-10-5-13(15)6-12(3-4-16)14(10)19-9-11-7-17-18(2)8-11/h5-8H,3-4,9,16H2,1-2H3. The maximum Gasteiger partial charge on any atom is 0.126 e. The molecule has 4 nitrogen and oxygen atoms in total. The Labute approximate surface area is 121 Å². The zero-order valence-corrected chi connectivity index (χ0v) is 12.8. The molecule has 1 aromatic carbocycles. The lowest BCUT2D eigenvalue weighted by Gasteiger charge is -2.14. The first-order valence-electron chi connectivity index (χ1n) is 6.19. The minimum atomic E-state index is 0.522. The van der Waals surface area contributed by atoms with Crippen LogP contribution in [0.15, 0.2) is 29.0 Å². The molecule has 0 bridgehead atoms. The van der Waals surface area contributed by atoms with Crippen LogP contribution in [0.3, 0.4) is 0 Å². The highest BCUT2D eigenvalue weighted by molar-refractivity contribution is 9.10. The summed E-state index contributed by atoms with van der Waals surface area (Å²) in [5.74, 6) is 0.928. The average Bonchev–Trinajstić information content (AvgIpc) is 2.74. The second-order valence-corrected chi connectivity index (χ2v) is 5.48. The second kappa shape index (κ2) is 6.21. The van der Waals surface area contributed by atoms with Gasteiger partial charge in [-0.15, -0.1) is 0 Å². The number of nitrogens with two attached hydrogens (primary N) is 1. The Bertz CT molecular complexity index is 566. The number of rotatable bonds is 5. The van der Waals surface area contributed by atoms with Crippen molar-refractivity contribution in [3.8, 4) is 5.75 Å². The Morgan fingerprint density at radius 1 is 1.42 bits per heavy atom. The Kier molecular flexibility index (Phi) is 4.61. The Hall–Kier alpha value is -1.33. The number of hydrogen-bond acceptors (Lipinski definition) is 3. The van der Waals surface area contributed by atoms with Crippen molar-refractivity contribution in [3.63, 3.8) is 0 Å². The molecule has 0 saturated heterocycles. The summed E-state index contributed by atoms with van der Waals surface area (Å²) in [6, 6.07) is 4.12. The van der Waals surface area contributed by atoms with Crippen molar-refractivity contribution in [1.82, 2.24) is 9.78 Å². The maximum absolute atomic E-state index is 5.95. The van der Waals surface area contributed by atoms with Crippen LogP contribution in [0.1, 0.15) is 16.7 Å². The highest BCUT2D eigenvalue weighted by atomic mass is 79.9. The van der Waals surface area contributed by atoms with Gasteiger partial charge in [-0.25, -0.2) is 0 Å². The zero-order chi connectivity index (χ0) is 13.8. The van der Waals surface area contributed by atoms with Crippen LogP contribution in [0, 0.1) is 6.92 Å². The van der Waals surface area contributed by atoms with E-state index < -0.39 is 0 Å². The van der Waals surface area contributed by atoms with Gasteiger partial charge in [0, 0.05) is 23.3 Å². The summed E-state index contributed by atoms with van der Waals surface area (Å²) in [5.41, 5.74) is 8.96. The van der Waals surface area contributed by atoms with E-state index in [2.05, 4.69) is 33.2 Å². The summed E-state index contributed by atoms with van der Waals surface area (Å²) in [6.45, 7) is 3.18. The van der Waals surface area contributed by atoms with Crippen molar-refractivity contribution >= 4 is 15.9 Å². The molecule has 5 heteroatoms. The molecule has 0 saturated carbocycles. The first-order chi connectivity index (χ1) is 9.10. The van der Waals surface area contributed by atoms with E-state index in [1.54, 1.807) is 4.68 Å². The molecule has 19 heavy (non-hydrogen) atoms. The Morgan fingerprint density at radius 3 is 2.84 bits per heavy atom. The van der Waals surface area contributed by atoms with Crippen LogP contribution in [-0.4, -0.2) is 16.3 Å². The molecule has 0 aliphatic carbocycles. The lowest BCUT2D eigenvalue weighted by molar-refractivity contribution is 0.300. The average molecular weight is 324 g/mol. The number of aromatic nitrogens is 2. The van der Waals surface area contributed by atoms with Gasteiger partial charge in [-0.1, -0.05) is 15.9 Å². The smallest absolute Gasteiger partial charge is 0.126 e. The lowest BCUT2D eigenvalue weighted by atomic mass is 10.1. The third kappa shape index (κ3) is 3.58. The molecule has 2 aromatic rings. The van der Waals surface area contributed by atoms with E-state index in [1.165, 1.54) is 0 Å². The van der Waals surface area contributed by atoms with Crippen LogP contribution in [0.2, 0.25) is 0 Å². The van der Waals surface area contributed by atoms with Gasteiger partial charge in [0.15, 0.2) is 0 Å². The first kappa shape index (κ1) is 14.1. The molecule has 2 rings (SSSR count). The van der Waals surface area contributed by atoms with Gasteiger partial charge in [-0.3, -0.25) is 4.68 Å². The van der Waals surface area contributed by atoms with Crippen molar-refractivity contribution in [3.05, 3.63) is 45.7 Å². The number of benzene rings is 1. The van der Waals surface area contributed by atoms with E-state index in [0.717, 1.165) is 33.3 Å². The molecule has 1 aromatic heterocycles. The number of nitrogens with zero attached hydrogens (tertiary/aromatic N) is 2. The fourth-order valence-electron chi connectivity index (χ4n) is 2.05. The topological polar surface area (TPSA) is 53.1 Å². The highest BCUT2D eigenvalue weighted by Crippen LogP contribution is 2.29. The van der Waals surface area contributed by atoms with Crippen LogP contribution >= 0.6 is 15.9 Å². The van der Waals surface area contributed by atoms with Crippen molar-refractivity contribution < 1.29 is 4.74 Å². The summed E-state index contributed by atoms with van der Waals surface area (Å²) in [7, 11) is 1.90. The Balaban J connectivity index is 2.18. The van der Waals surface area contributed by atoms with Crippen molar-refractivity contribution in [2.45, 2.75) is 20.0 Å². The first-order valence-corrected chi connectivity index (χ1v) is 6.99. The van der Waals surface area contributed by atoms with E-state index in [0.29, 0.717) is 13.2 Å². The van der Waals surface area contributed by atoms with Gasteiger partial charge in [0.05, 0.1) is 6.20 Å². The number of halogens is 1. The molecule has 1 heterocycles. The molecule has 0 unspecified atom stereocenters. The van der Waals surface area contributed by atoms with Crippen molar-refractivity contribution in [1.29, 1.82) is 0 Å². The summed E-state index contributed by atoms with van der Waals surface area (Å²) in [4.78, 5) is 0. The normalized spacial score (nSPS) is 10.7. The van der Waals surface area contributed by atoms with Crippen molar-refractivity contribution in [2.75, 3.05) is 6.54 Å². The summed E-state index contributed by atoms with van der Waals surface area (Å²) < 4.78 is 8.77. The van der Waals surface area contributed by atoms with Gasteiger partial charge in [0.25, 0.3) is 0 Å². The molecular weight excluding hydrogens is 306 g/mol. The van der Waals surface area contributed by atoms with Crippen LogP contribution in [-0.2, 0) is 20.1 Å². The van der Waals surface area contributed by atoms with Crippen LogP contribution in [0.4, 0.5) is 0 Å². The summed E-state index contributed by atoms with van der Waals surface area (Å²) in [5, 5.41) is 4.13. The number of ether oxygens (including phenoxy) is 1. The molecule has 0 fully saturated rings. The van der Waals surface area contributed by atoms with Gasteiger partial charge >= 0.3 is 0 Å². The molecule has 2 N–H and O–H groups in total. The molecule has 102 valence electrons. The minimum absolute atomic E-state index is 0.522. The van der Waals surface area contributed by atoms with Gasteiger partial charge in [-0.2, -0.15) is 5.10 Å². The Morgan fingerprint density at radius 2 is 2.21 bits per heavy atom. The number of aryl methyl sites for hydroxylation is 2. The molecule has 0 aliphatic heterocycles. The SMILES string of the molecule is Cc1cc(Br)cc(CCN)c1OCc1cnn(C)c1. The van der Waals surface area contributed by atoms with Crippen molar-refractivity contribution in [2.24, 2.45) is 12.8 Å². The van der Waals surface area contributed by atoms with Crippen LogP contribution < -0.4 is 10.5 Å². The molecule has 0 spiro atoms. The van der Waals surface area contributed by atoms with E-state index in [4.69, 9.17) is 10.5 Å². The van der Waals surface area contributed by atoms with Gasteiger partial charge in [-0.05, 0) is 43.1 Å². The maximum atomic E-state index is 5.95. The molecular formula is C14H18BrN3O. The fourth-order valence-corrected chi connectivity index (χ4v) is 2.67. The lowest BCUT2D eigenvalue weighted by Crippen LogP contribution is -2.06. The summed E-state index contributed by atoms with van der Waals surface area (Å²) >= 11 is 3.51. The van der Waals surface area contributed by atoms with Gasteiger partial charge in [0.1, 0.15) is 12.4 Å². The quantitative estimate of drug-likeness (QED) is 0.920. The zero-order valence-electron chi connectivity index (χ0n) is 11.2. The third-order valence-corrected chi connectivity index (χ3v) is 3.33. The predicted molar refractivity (Wildman–Crippen MR) is 79.2 cm³/mol. The van der Waals surface area contributed by atoms with Gasteiger partial charge in [0.2, 0.25) is 0 Å². The van der Waals surface area contributed by atoms with E-state index in [1.807, 2.05) is 26.4 Å². The highest BCUT2D eigenvalue weighted by Gasteiger charge is 2.09. The molecule has 0 atom stereocenters. The molecule has 0 aliphatic rings. The van der Waals surface area contributed by atoms with E-state index >= 15 is 0 Å². The van der Waals surface area contributed by atoms with Gasteiger partial charge < -0.3 is 10.5 Å². The summed E-state index contributed by atoms with van der Waals surface area (Å²) in [6.07, 6.45) is 4.58. The van der Waals surface area contributed by atoms with Crippen LogP contribution in [0.5, 0.6) is 5.75 Å². The fraction of sp³-hybridized carbons (Fsp3) is 0.357. The van der Waals surface area contributed by atoms with E-state index in [9.17, 15) is 0 Å². The molecule has 0 amide bonds. The van der Waals surface area contributed by atoms with Crippen LogP contribution in [0.25, 0.3) is 0 Å². The third-order valence-electron chi connectivity index (χ3n) is 2.87. The minimum Gasteiger partial charge on any atom is -0.488 e. The monoisotopic (exact) mass is 323 g/mol.